The molecule has 2 atom stereocenters. The molecule has 0 radical (unpaired) electrons. The van der Waals surface area contributed by atoms with Crippen LogP contribution in [0.1, 0.15) is 32.8 Å². The SMILES string of the molecule is CC(C)(C)OC(=O)[C@@]1(C(=O)OCc2ccccc2)C[C@@H](O)CN1. The highest BCUT2D eigenvalue weighted by atomic mass is 16.6. The number of aliphatic hydroxyl groups excluding tert-OH is 1. The number of benzene rings is 1. The van der Waals surface area contributed by atoms with Gasteiger partial charge in [-0.05, 0) is 26.3 Å². The van der Waals surface area contributed by atoms with E-state index in [0.29, 0.717) is 0 Å². The van der Waals surface area contributed by atoms with Crippen LogP contribution in [-0.4, -0.2) is 40.8 Å². The lowest BCUT2D eigenvalue weighted by Gasteiger charge is -2.29. The lowest BCUT2D eigenvalue weighted by atomic mass is 9.96. The molecule has 1 heterocycles. The molecule has 0 spiro atoms. The van der Waals surface area contributed by atoms with E-state index in [1.165, 1.54) is 0 Å². The van der Waals surface area contributed by atoms with Gasteiger partial charge in [-0.1, -0.05) is 30.3 Å². The van der Waals surface area contributed by atoms with Crippen molar-refractivity contribution < 1.29 is 24.2 Å². The molecular formula is C17H23NO5. The van der Waals surface area contributed by atoms with Crippen LogP contribution >= 0.6 is 0 Å². The molecule has 0 unspecified atom stereocenters. The van der Waals surface area contributed by atoms with Crippen molar-refractivity contribution >= 4 is 11.9 Å². The summed E-state index contributed by atoms with van der Waals surface area (Å²) < 4.78 is 10.6. The van der Waals surface area contributed by atoms with Gasteiger partial charge in [-0.2, -0.15) is 0 Å². The topological polar surface area (TPSA) is 84.9 Å². The molecule has 0 aromatic heterocycles. The van der Waals surface area contributed by atoms with Gasteiger partial charge in [-0.15, -0.1) is 0 Å². The predicted molar refractivity (Wildman–Crippen MR) is 83.4 cm³/mol. The molecule has 2 rings (SSSR count). The number of hydrogen-bond donors (Lipinski definition) is 2. The van der Waals surface area contributed by atoms with Gasteiger partial charge in [0.1, 0.15) is 12.2 Å². The lowest BCUT2D eigenvalue weighted by Crippen LogP contribution is -2.57. The minimum absolute atomic E-state index is 0.0575. The molecule has 0 saturated carbocycles. The van der Waals surface area contributed by atoms with Crippen molar-refractivity contribution in [3.8, 4) is 0 Å². The number of carbonyl (C=O) groups is 2. The molecule has 1 aromatic rings. The van der Waals surface area contributed by atoms with Crippen LogP contribution in [0.15, 0.2) is 30.3 Å². The zero-order chi connectivity index (χ0) is 17.1. The predicted octanol–water partition coefficient (Wildman–Crippen LogP) is 1.16. The Morgan fingerprint density at radius 1 is 1.26 bits per heavy atom. The molecule has 2 N–H and O–H groups in total. The Labute approximate surface area is 135 Å². The van der Waals surface area contributed by atoms with E-state index in [1.807, 2.05) is 30.3 Å². The van der Waals surface area contributed by atoms with Gasteiger partial charge in [0.25, 0.3) is 0 Å². The van der Waals surface area contributed by atoms with Gasteiger partial charge in [0, 0.05) is 13.0 Å². The van der Waals surface area contributed by atoms with Crippen molar-refractivity contribution in [3.05, 3.63) is 35.9 Å². The van der Waals surface area contributed by atoms with Crippen LogP contribution in [0, 0.1) is 0 Å². The van der Waals surface area contributed by atoms with E-state index in [-0.39, 0.29) is 19.6 Å². The summed E-state index contributed by atoms with van der Waals surface area (Å²) in [6.45, 7) is 5.36. The zero-order valence-corrected chi connectivity index (χ0v) is 13.7. The van der Waals surface area contributed by atoms with E-state index in [0.717, 1.165) is 5.56 Å². The van der Waals surface area contributed by atoms with Crippen LogP contribution in [0.3, 0.4) is 0 Å². The molecule has 1 aliphatic rings. The minimum atomic E-state index is -1.65. The molecule has 0 bridgehead atoms. The summed E-state index contributed by atoms with van der Waals surface area (Å²) >= 11 is 0. The van der Waals surface area contributed by atoms with Crippen LogP contribution in [0.25, 0.3) is 0 Å². The van der Waals surface area contributed by atoms with Crippen molar-refractivity contribution in [2.75, 3.05) is 6.54 Å². The van der Waals surface area contributed by atoms with Crippen molar-refractivity contribution in [2.45, 2.75) is 51.0 Å². The zero-order valence-electron chi connectivity index (χ0n) is 13.7. The first-order chi connectivity index (χ1) is 10.7. The summed E-state index contributed by atoms with van der Waals surface area (Å²) in [4.78, 5) is 25.0. The number of carbonyl (C=O) groups excluding carboxylic acids is 2. The molecule has 1 saturated heterocycles. The summed E-state index contributed by atoms with van der Waals surface area (Å²) in [7, 11) is 0. The number of aliphatic hydroxyl groups is 1. The summed E-state index contributed by atoms with van der Waals surface area (Å²) in [5, 5.41) is 12.5. The van der Waals surface area contributed by atoms with Gasteiger partial charge in [-0.25, -0.2) is 9.59 Å². The monoisotopic (exact) mass is 321 g/mol. The van der Waals surface area contributed by atoms with Gasteiger partial charge in [0.2, 0.25) is 5.54 Å². The van der Waals surface area contributed by atoms with Gasteiger partial charge >= 0.3 is 11.9 Å². The number of esters is 2. The third-order valence-corrected chi connectivity index (χ3v) is 3.49. The lowest BCUT2D eigenvalue weighted by molar-refractivity contribution is -0.173. The number of β-amino-alcohol motifs (C(OH)–C–C–N with tert-alkyl or cyclic N) is 1. The minimum Gasteiger partial charge on any atom is -0.459 e. The van der Waals surface area contributed by atoms with E-state index in [4.69, 9.17) is 9.47 Å². The highest BCUT2D eigenvalue weighted by molar-refractivity contribution is 6.05. The second-order valence-corrected chi connectivity index (χ2v) is 6.71. The van der Waals surface area contributed by atoms with Crippen molar-refractivity contribution in [1.29, 1.82) is 0 Å². The van der Waals surface area contributed by atoms with E-state index in [9.17, 15) is 14.7 Å². The Balaban J connectivity index is 2.11. The first-order valence-corrected chi connectivity index (χ1v) is 7.61. The van der Waals surface area contributed by atoms with Gasteiger partial charge < -0.3 is 14.6 Å². The van der Waals surface area contributed by atoms with Crippen LogP contribution in [-0.2, 0) is 25.7 Å². The highest BCUT2D eigenvalue weighted by Crippen LogP contribution is 2.26. The number of rotatable bonds is 4. The van der Waals surface area contributed by atoms with E-state index in [2.05, 4.69) is 5.32 Å². The number of nitrogens with one attached hydrogen (secondary N) is 1. The fraction of sp³-hybridized carbons (Fsp3) is 0.529. The standard InChI is InChI=1S/C17H23NO5/c1-16(2,3)23-15(21)17(9-13(19)10-18-17)14(20)22-11-12-7-5-4-6-8-12/h4-8,13,18-19H,9-11H2,1-3H3/t13-,17+/m1/s1. The Bertz CT molecular complexity index is 566. The average molecular weight is 321 g/mol. The van der Waals surface area contributed by atoms with Crippen LogP contribution in [0.2, 0.25) is 0 Å². The Hall–Kier alpha value is -1.92. The molecule has 0 amide bonds. The Morgan fingerprint density at radius 3 is 2.43 bits per heavy atom. The average Bonchev–Trinajstić information content (AvgIpc) is 2.87. The van der Waals surface area contributed by atoms with Crippen LogP contribution in [0.5, 0.6) is 0 Å². The van der Waals surface area contributed by atoms with Crippen molar-refractivity contribution in [1.82, 2.24) is 5.32 Å². The fourth-order valence-corrected chi connectivity index (χ4v) is 2.40. The highest BCUT2D eigenvalue weighted by Gasteiger charge is 2.54. The molecule has 23 heavy (non-hydrogen) atoms. The normalized spacial score (nSPS) is 24.3. The third-order valence-electron chi connectivity index (χ3n) is 3.49. The quantitative estimate of drug-likeness (QED) is 0.639. The molecule has 1 aliphatic heterocycles. The maximum absolute atomic E-state index is 12.5. The summed E-state index contributed by atoms with van der Waals surface area (Å²) in [5.41, 5.74) is -1.57. The maximum atomic E-state index is 12.5. The molecule has 126 valence electrons. The van der Waals surface area contributed by atoms with E-state index in [1.54, 1.807) is 20.8 Å². The fourth-order valence-electron chi connectivity index (χ4n) is 2.40. The van der Waals surface area contributed by atoms with Crippen molar-refractivity contribution in [2.24, 2.45) is 0 Å². The molecule has 6 heteroatoms. The molecule has 0 aliphatic carbocycles. The second-order valence-electron chi connectivity index (χ2n) is 6.71. The summed E-state index contributed by atoms with van der Waals surface area (Å²) in [6.07, 6.45) is -0.859. The number of ether oxygens (including phenoxy) is 2. The molecular weight excluding hydrogens is 298 g/mol. The van der Waals surface area contributed by atoms with E-state index >= 15 is 0 Å². The van der Waals surface area contributed by atoms with E-state index < -0.39 is 29.2 Å². The first-order valence-electron chi connectivity index (χ1n) is 7.61. The maximum Gasteiger partial charge on any atom is 0.338 e. The first kappa shape index (κ1) is 17.4. The molecule has 1 fully saturated rings. The van der Waals surface area contributed by atoms with Crippen LogP contribution < -0.4 is 5.32 Å². The summed E-state index contributed by atoms with van der Waals surface area (Å²) in [6, 6.07) is 9.19. The van der Waals surface area contributed by atoms with Gasteiger partial charge in [0.15, 0.2) is 0 Å². The summed E-state index contributed by atoms with van der Waals surface area (Å²) in [5.74, 6) is -1.45. The van der Waals surface area contributed by atoms with Gasteiger partial charge in [-0.3, -0.25) is 5.32 Å². The van der Waals surface area contributed by atoms with Gasteiger partial charge in [0.05, 0.1) is 6.10 Å². The second kappa shape index (κ2) is 6.68. The number of hydrogen-bond acceptors (Lipinski definition) is 6. The molecule has 1 aromatic carbocycles. The Morgan fingerprint density at radius 2 is 1.91 bits per heavy atom. The van der Waals surface area contributed by atoms with Crippen LogP contribution in [0.4, 0.5) is 0 Å². The van der Waals surface area contributed by atoms with Crippen molar-refractivity contribution in [3.63, 3.8) is 0 Å². The smallest absolute Gasteiger partial charge is 0.338 e. The molecule has 6 nitrogen and oxygen atoms in total. The Kier molecular flexibility index (Phi) is 5.06. The third kappa shape index (κ3) is 4.30. The largest absolute Gasteiger partial charge is 0.459 e.